The van der Waals surface area contributed by atoms with E-state index in [1.54, 1.807) is 25.0 Å². The molecule has 0 bridgehead atoms. The van der Waals surface area contributed by atoms with E-state index in [9.17, 15) is 14.4 Å². The van der Waals surface area contributed by atoms with Crippen LogP contribution in [0, 0.1) is 5.92 Å². The topological polar surface area (TPSA) is 83.9 Å². The molecule has 1 heterocycles. The van der Waals surface area contributed by atoms with E-state index in [1.165, 1.54) is 11.8 Å². The Balaban J connectivity index is 0.000000621. The SMILES string of the molecule is CCC(CC(=O)N1CCOCC1)C(=O)O.CSC(C)=O. The molecule has 1 aliphatic rings. The zero-order valence-electron chi connectivity index (χ0n) is 12.3. The number of morpholine rings is 1. The Kier molecular flexibility index (Phi) is 10.1. The lowest BCUT2D eigenvalue weighted by Crippen LogP contribution is -2.41. The predicted octanol–water partition coefficient (Wildman–Crippen LogP) is 1.24. The van der Waals surface area contributed by atoms with Gasteiger partial charge in [-0.05, 0) is 12.7 Å². The minimum Gasteiger partial charge on any atom is -0.481 e. The molecule has 1 atom stereocenters. The van der Waals surface area contributed by atoms with Crippen molar-refractivity contribution in [2.75, 3.05) is 32.6 Å². The number of rotatable bonds is 4. The summed E-state index contributed by atoms with van der Waals surface area (Å²) in [5, 5.41) is 9.00. The number of carboxylic acid groups (broad SMARTS) is 1. The van der Waals surface area contributed by atoms with Gasteiger partial charge in [-0.25, -0.2) is 0 Å². The molecule has 7 heteroatoms. The fourth-order valence-corrected chi connectivity index (χ4v) is 1.56. The molecule has 0 aliphatic carbocycles. The highest BCUT2D eigenvalue weighted by molar-refractivity contribution is 8.12. The summed E-state index contributed by atoms with van der Waals surface area (Å²) in [5.41, 5.74) is 0. The third-order valence-electron chi connectivity index (χ3n) is 2.91. The van der Waals surface area contributed by atoms with E-state index in [2.05, 4.69) is 0 Å². The van der Waals surface area contributed by atoms with Crippen molar-refractivity contribution >= 4 is 28.8 Å². The Morgan fingerprint density at radius 3 is 2.15 bits per heavy atom. The van der Waals surface area contributed by atoms with Gasteiger partial charge >= 0.3 is 5.97 Å². The largest absolute Gasteiger partial charge is 0.481 e. The zero-order valence-corrected chi connectivity index (χ0v) is 13.1. The molecule has 0 radical (unpaired) electrons. The number of carbonyl (C=O) groups excluding carboxylic acids is 2. The summed E-state index contributed by atoms with van der Waals surface area (Å²) in [6.45, 7) is 5.59. The highest BCUT2D eigenvalue weighted by Crippen LogP contribution is 2.11. The van der Waals surface area contributed by atoms with E-state index in [0.29, 0.717) is 32.7 Å². The number of hydrogen-bond donors (Lipinski definition) is 1. The van der Waals surface area contributed by atoms with Crippen LogP contribution in [0.25, 0.3) is 0 Å². The number of nitrogens with zero attached hydrogens (tertiary/aromatic N) is 1. The molecule has 1 N–H and O–H groups in total. The standard InChI is InChI=1S/C10H17NO4.C3H6OS/c1-2-8(10(13)14)7-9(12)11-3-5-15-6-4-11;1-3(4)5-2/h8H,2-7H2,1H3,(H,13,14);1-2H3. The van der Waals surface area contributed by atoms with Crippen LogP contribution in [0.15, 0.2) is 0 Å². The van der Waals surface area contributed by atoms with Gasteiger partial charge in [0.1, 0.15) is 0 Å². The molecule has 0 spiro atoms. The first-order chi connectivity index (χ1) is 9.42. The van der Waals surface area contributed by atoms with Gasteiger partial charge in [-0.3, -0.25) is 14.4 Å². The maximum absolute atomic E-state index is 11.7. The molecular formula is C13H23NO5S. The lowest BCUT2D eigenvalue weighted by molar-refractivity contribution is -0.147. The van der Waals surface area contributed by atoms with Gasteiger partial charge in [-0.2, -0.15) is 0 Å². The minimum atomic E-state index is -0.890. The van der Waals surface area contributed by atoms with Gasteiger partial charge in [0.25, 0.3) is 0 Å². The molecule has 1 saturated heterocycles. The Hall–Kier alpha value is -1.08. The van der Waals surface area contributed by atoms with Crippen LogP contribution in [0.5, 0.6) is 0 Å². The quantitative estimate of drug-likeness (QED) is 0.841. The van der Waals surface area contributed by atoms with E-state index < -0.39 is 11.9 Å². The molecule has 1 unspecified atom stereocenters. The van der Waals surface area contributed by atoms with Crippen molar-refractivity contribution in [3.63, 3.8) is 0 Å². The van der Waals surface area contributed by atoms with Crippen LogP contribution >= 0.6 is 11.8 Å². The van der Waals surface area contributed by atoms with Gasteiger partial charge in [0.15, 0.2) is 5.12 Å². The maximum Gasteiger partial charge on any atom is 0.307 e. The zero-order chi connectivity index (χ0) is 15.5. The van der Waals surface area contributed by atoms with Crippen LogP contribution in [-0.2, 0) is 19.1 Å². The highest BCUT2D eigenvalue weighted by Gasteiger charge is 2.23. The molecule has 116 valence electrons. The van der Waals surface area contributed by atoms with Crippen molar-refractivity contribution < 1.29 is 24.2 Å². The van der Waals surface area contributed by atoms with Crippen LogP contribution in [0.3, 0.4) is 0 Å². The van der Waals surface area contributed by atoms with E-state index in [-0.39, 0.29) is 17.4 Å². The van der Waals surface area contributed by atoms with Gasteiger partial charge in [0, 0.05) is 26.4 Å². The number of aliphatic carboxylic acids is 1. The monoisotopic (exact) mass is 305 g/mol. The summed E-state index contributed by atoms with van der Waals surface area (Å²) in [6, 6.07) is 0. The molecule has 1 rings (SSSR count). The van der Waals surface area contributed by atoms with E-state index in [1.807, 2.05) is 0 Å². The summed E-state index contributed by atoms with van der Waals surface area (Å²) in [6.07, 6.45) is 2.36. The fourth-order valence-electron chi connectivity index (χ4n) is 1.56. The maximum atomic E-state index is 11.7. The molecule has 0 aromatic carbocycles. The lowest BCUT2D eigenvalue weighted by atomic mass is 10.0. The second-order valence-electron chi connectivity index (χ2n) is 4.34. The van der Waals surface area contributed by atoms with E-state index in [0.717, 1.165) is 0 Å². The van der Waals surface area contributed by atoms with Gasteiger partial charge in [-0.15, -0.1) is 0 Å². The first-order valence-corrected chi connectivity index (χ1v) is 7.77. The Morgan fingerprint density at radius 2 is 1.80 bits per heavy atom. The predicted molar refractivity (Wildman–Crippen MR) is 77.6 cm³/mol. The van der Waals surface area contributed by atoms with Crippen molar-refractivity contribution in [3.8, 4) is 0 Å². The average molecular weight is 305 g/mol. The summed E-state index contributed by atoms with van der Waals surface area (Å²) in [4.78, 5) is 33.9. The van der Waals surface area contributed by atoms with Gasteiger partial charge in [0.2, 0.25) is 5.91 Å². The number of amides is 1. The van der Waals surface area contributed by atoms with Gasteiger partial charge in [0.05, 0.1) is 19.1 Å². The number of carboxylic acids is 1. The molecule has 0 aromatic rings. The number of hydrogen-bond acceptors (Lipinski definition) is 5. The molecule has 0 saturated carbocycles. The molecule has 1 fully saturated rings. The van der Waals surface area contributed by atoms with Crippen molar-refractivity contribution in [2.45, 2.75) is 26.7 Å². The van der Waals surface area contributed by atoms with Gasteiger partial charge < -0.3 is 14.7 Å². The first kappa shape index (κ1) is 18.9. The van der Waals surface area contributed by atoms with Crippen LogP contribution in [0.1, 0.15) is 26.7 Å². The third-order valence-corrected chi connectivity index (χ3v) is 3.49. The average Bonchev–Trinajstić information content (AvgIpc) is 2.45. The Morgan fingerprint density at radius 1 is 1.30 bits per heavy atom. The van der Waals surface area contributed by atoms with Crippen LogP contribution in [-0.4, -0.2) is 59.6 Å². The second kappa shape index (κ2) is 10.7. The summed E-state index contributed by atoms with van der Waals surface area (Å²) in [7, 11) is 0. The number of thioether (sulfide) groups is 1. The van der Waals surface area contributed by atoms with Crippen molar-refractivity contribution in [2.24, 2.45) is 5.92 Å². The first-order valence-electron chi connectivity index (χ1n) is 6.55. The van der Waals surface area contributed by atoms with Crippen LogP contribution in [0.4, 0.5) is 0 Å². The summed E-state index contributed by atoms with van der Waals surface area (Å²) < 4.78 is 5.12. The normalized spacial score (nSPS) is 15.8. The summed E-state index contributed by atoms with van der Waals surface area (Å²) in [5.74, 6) is -1.52. The smallest absolute Gasteiger partial charge is 0.307 e. The van der Waals surface area contributed by atoms with Crippen molar-refractivity contribution in [1.29, 1.82) is 0 Å². The number of ether oxygens (including phenoxy) is 1. The van der Waals surface area contributed by atoms with Crippen molar-refractivity contribution in [3.05, 3.63) is 0 Å². The lowest BCUT2D eigenvalue weighted by Gasteiger charge is -2.27. The Labute approximate surface area is 123 Å². The molecule has 20 heavy (non-hydrogen) atoms. The van der Waals surface area contributed by atoms with Gasteiger partial charge in [-0.1, -0.05) is 18.7 Å². The van der Waals surface area contributed by atoms with Crippen molar-refractivity contribution in [1.82, 2.24) is 4.90 Å². The molecular weight excluding hydrogens is 282 g/mol. The van der Waals surface area contributed by atoms with Crippen LogP contribution in [0.2, 0.25) is 0 Å². The minimum absolute atomic E-state index is 0.0763. The molecule has 6 nitrogen and oxygen atoms in total. The molecule has 1 aliphatic heterocycles. The van der Waals surface area contributed by atoms with Crippen LogP contribution < -0.4 is 0 Å². The third kappa shape index (κ3) is 8.16. The Bertz CT molecular complexity index is 329. The number of carbonyl (C=O) groups is 3. The summed E-state index contributed by atoms with van der Waals surface area (Å²) >= 11 is 1.24. The highest BCUT2D eigenvalue weighted by atomic mass is 32.2. The second-order valence-corrected chi connectivity index (χ2v) is 5.32. The molecule has 0 aromatic heterocycles. The van der Waals surface area contributed by atoms with E-state index >= 15 is 0 Å². The fraction of sp³-hybridized carbons (Fsp3) is 0.769. The molecule has 1 amide bonds. The van der Waals surface area contributed by atoms with E-state index in [4.69, 9.17) is 9.84 Å².